The number of nitrogens with two attached hydrogens (primary N) is 1. The summed E-state index contributed by atoms with van der Waals surface area (Å²) < 4.78 is 34.1. The SMILES string of the molecule is COc1ccc(C(NCC(C)C)C(N)=O)cc1OC(F)F. The van der Waals surface area contributed by atoms with Crippen molar-refractivity contribution in [2.75, 3.05) is 13.7 Å². The highest BCUT2D eigenvalue weighted by atomic mass is 19.3. The number of benzene rings is 1. The molecular formula is C14H20F2N2O3. The number of hydrogen-bond acceptors (Lipinski definition) is 4. The van der Waals surface area contributed by atoms with Gasteiger partial charge in [-0.2, -0.15) is 8.78 Å². The van der Waals surface area contributed by atoms with E-state index in [1.807, 2.05) is 13.8 Å². The molecule has 0 radical (unpaired) electrons. The molecule has 0 aliphatic rings. The Kier molecular flexibility index (Phi) is 6.36. The molecule has 1 amide bonds. The fraction of sp³-hybridized carbons (Fsp3) is 0.500. The van der Waals surface area contributed by atoms with Crippen molar-refractivity contribution in [2.24, 2.45) is 11.7 Å². The average molecular weight is 302 g/mol. The van der Waals surface area contributed by atoms with Crippen LogP contribution >= 0.6 is 0 Å². The van der Waals surface area contributed by atoms with Gasteiger partial charge in [0.25, 0.3) is 0 Å². The van der Waals surface area contributed by atoms with Crippen molar-refractivity contribution < 1.29 is 23.0 Å². The van der Waals surface area contributed by atoms with E-state index >= 15 is 0 Å². The summed E-state index contributed by atoms with van der Waals surface area (Å²) in [5, 5.41) is 2.99. The highest BCUT2D eigenvalue weighted by molar-refractivity contribution is 5.81. The summed E-state index contributed by atoms with van der Waals surface area (Å²) in [7, 11) is 1.34. The number of rotatable bonds is 8. The number of primary amides is 1. The minimum absolute atomic E-state index is 0.136. The highest BCUT2D eigenvalue weighted by Gasteiger charge is 2.20. The Labute approximate surface area is 122 Å². The number of halogens is 2. The first-order valence-corrected chi connectivity index (χ1v) is 6.50. The van der Waals surface area contributed by atoms with Crippen LogP contribution in [0.1, 0.15) is 25.5 Å². The molecule has 0 bridgehead atoms. The summed E-state index contributed by atoms with van der Waals surface area (Å²) in [6.45, 7) is 1.53. The van der Waals surface area contributed by atoms with E-state index in [0.717, 1.165) is 0 Å². The lowest BCUT2D eigenvalue weighted by molar-refractivity contribution is -0.120. The summed E-state index contributed by atoms with van der Waals surface area (Å²) in [6, 6.07) is 3.59. The quantitative estimate of drug-likeness (QED) is 0.771. The Morgan fingerprint density at radius 2 is 2.00 bits per heavy atom. The lowest BCUT2D eigenvalue weighted by Crippen LogP contribution is -2.35. The molecule has 0 saturated carbocycles. The number of ether oxygens (including phenoxy) is 2. The van der Waals surface area contributed by atoms with Crippen LogP contribution in [-0.2, 0) is 4.79 Å². The van der Waals surface area contributed by atoms with Gasteiger partial charge in [0.05, 0.1) is 7.11 Å². The molecule has 1 atom stereocenters. The normalized spacial score (nSPS) is 12.5. The second kappa shape index (κ2) is 7.78. The molecule has 1 aromatic carbocycles. The van der Waals surface area contributed by atoms with E-state index in [9.17, 15) is 13.6 Å². The van der Waals surface area contributed by atoms with Gasteiger partial charge in [-0.15, -0.1) is 0 Å². The first-order valence-electron chi connectivity index (χ1n) is 6.50. The Balaban J connectivity index is 3.05. The lowest BCUT2D eigenvalue weighted by atomic mass is 10.0. The maximum atomic E-state index is 12.4. The first-order chi connectivity index (χ1) is 9.85. The molecule has 5 nitrogen and oxygen atoms in total. The molecule has 0 spiro atoms. The summed E-state index contributed by atoms with van der Waals surface area (Å²) >= 11 is 0. The van der Waals surface area contributed by atoms with Crippen LogP contribution in [0.3, 0.4) is 0 Å². The Morgan fingerprint density at radius 3 is 2.48 bits per heavy atom. The first kappa shape index (κ1) is 17.2. The average Bonchev–Trinajstić information content (AvgIpc) is 2.37. The van der Waals surface area contributed by atoms with Crippen LogP contribution < -0.4 is 20.5 Å². The standard InChI is InChI=1S/C14H20F2N2O3/c1-8(2)7-18-12(13(17)19)9-4-5-10(20-3)11(6-9)21-14(15)16/h4-6,8,12,14,18H,7H2,1-3H3,(H2,17,19). The van der Waals surface area contributed by atoms with Gasteiger partial charge in [-0.1, -0.05) is 19.9 Å². The highest BCUT2D eigenvalue weighted by Crippen LogP contribution is 2.31. The summed E-state index contributed by atoms with van der Waals surface area (Å²) in [6.07, 6.45) is 0. The van der Waals surface area contributed by atoms with Crippen LogP contribution in [0.4, 0.5) is 8.78 Å². The Hall–Kier alpha value is -1.89. The molecule has 0 aromatic heterocycles. The van der Waals surface area contributed by atoms with Crippen LogP contribution in [0.15, 0.2) is 18.2 Å². The minimum Gasteiger partial charge on any atom is -0.493 e. The molecule has 0 heterocycles. The largest absolute Gasteiger partial charge is 0.493 e. The molecule has 0 saturated heterocycles. The maximum Gasteiger partial charge on any atom is 0.387 e. The third-order valence-corrected chi connectivity index (χ3v) is 2.75. The van der Waals surface area contributed by atoms with Crippen molar-refractivity contribution in [3.8, 4) is 11.5 Å². The molecule has 1 rings (SSSR count). The van der Waals surface area contributed by atoms with Gasteiger partial charge in [-0.3, -0.25) is 4.79 Å². The zero-order chi connectivity index (χ0) is 16.0. The van der Waals surface area contributed by atoms with Crippen LogP contribution in [0.2, 0.25) is 0 Å². The van der Waals surface area contributed by atoms with Gasteiger partial charge in [0.1, 0.15) is 6.04 Å². The molecule has 118 valence electrons. The fourth-order valence-corrected chi connectivity index (χ4v) is 1.80. The van der Waals surface area contributed by atoms with Crippen LogP contribution in [0.25, 0.3) is 0 Å². The van der Waals surface area contributed by atoms with Crippen LogP contribution in [0, 0.1) is 5.92 Å². The van der Waals surface area contributed by atoms with Crippen molar-refractivity contribution in [3.63, 3.8) is 0 Å². The van der Waals surface area contributed by atoms with Crippen LogP contribution in [0.5, 0.6) is 11.5 Å². The van der Waals surface area contributed by atoms with Crippen molar-refractivity contribution in [2.45, 2.75) is 26.5 Å². The lowest BCUT2D eigenvalue weighted by Gasteiger charge is -2.19. The van der Waals surface area contributed by atoms with E-state index in [1.54, 1.807) is 6.07 Å². The van der Waals surface area contributed by atoms with E-state index in [4.69, 9.17) is 10.5 Å². The van der Waals surface area contributed by atoms with E-state index in [0.29, 0.717) is 18.0 Å². The fourth-order valence-electron chi connectivity index (χ4n) is 1.80. The van der Waals surface area contributed by atoms with Gasteiger partial charge in [0, 0.05) is 0 Å². The van der Waals surface area contributed by atoms with Gasteiger partial charge >= 0.3 is 6.61 Å². The maximum absolute atomic E-state index is 12.4. The summed E-state index contributed by atoms with van der Waals surface area (Å²) in [5.41, 5.74) is 5.80. The predicted octanol–water partition coefficient (Wildman–Crippen LogP) is 2.07. The molecule has 1 unspecified atom stereocenters. The molecule has 7 heteroatoms. The van der Waals surface area contributed by atoms with Gasteiger partial charge < -0.3 is 20.5 Å². The van der Waals surface area contributed by atoms with Crippen molar-refractivity contribution >= 4 is 5.91 Å². The number of amides is 1. The van der Waals surface area contributed by atoms with Gasteiger partial charge in [-0.25, -0.2) is 0 Å². The zero-order valence-electron chi connectivity index (χ0n) is 12.2. The molecular weight excluding hydrogens is 282 g/mol. The van der Waals surface area contributed by atoms with E-state index in [1.165, 1.54) is 19.2 Å². The van der Waals surface area contributed by atoms with Gasteiger partial charge in [0.2, 0.25) is 5.91 Å². The topological polar surface area (TPSA) is 73.6 Å². The molecule has 0 fully saturated rings. The third kappa shape index (κ3) is 5.18. The Bertz CT molecular complexity index is 481. The monoisotopic (exact) mass is 302 g/mol. The molecule has 21 heavy (non-hydrogen) atoms. The molecule has 3 N–H and O–H groups in total. The number of methoxy groups -OCH3 is 1. The Morgan fingerprint density at radius 1 is 1.33 bits per heavy atom. The van der Waals surface area contributed by atoms with Gasteiger partial charge in [0.15, 0.2) is 11.5 Å². The minimum atomic E-state index is -2.98. The van der Waals surface area contributed by atoms with E-state index < -0.39 is 18.6 Å². The van der Waals surface area contributed by atoms with Crippen molar-refractivity contribution in [1.82, 2.24) is 5.32 Å². The summed E-state index contributed by atoms with van der Waals surface area (Å²) in [4.78, 5) is 11.5. The van der Waals surface area contributed by atoms with Crippen LogP contribution in [-0.4, -0.2) is 26.2 Å². The zero-order valence-corrected chi connectivity index (χ0v) is 12.2. The van der Waals surface area contributed by atoms with E-state index in [2.05, 4.69) is 10.1 Å². The third-order valence-electron chi connectivity index (χ3n) is 2.75. The van der Waals surface area contributed by atoms with Gasteiger partial charge in [-0.05, 0) is 30.2 Å². The molecule has 0 aliphatic carbocycles. The smallest absolute Gasteiger partial charge is 0.387 e. The number of carbonyl (C=O) groups is 1. The van der Waals surface area contributed by atoms with E-state index in [-0.39, 0.29) is 11.5 Å². The summed E-state index contributed by atoms with van der Waals surface area (Å²) in [5.74, 6) is -0.264. The molecule has 0 aliphatic heterocycles. The number of alkyl halides is 2. The predicted molar refractivity (Wildman–Crippen MR) is 74.4 cm³/mol. The molecule has 1 aromatic rings. The number of hydrogen-bond donors (Lipinski definition) is 2. The van der Waals surface area contributed by atoms with Crippen molar-refractivity contribution in [3.05, 3.63) is 23.8 Å². The number of nitrogens with one attached hydrogen (secondary N) is 1. The second-order valence-corrected chi connectivity index (χ2v) is 4.93. The number of carbonyl (C=O) groups excluding carboxylic acids is 1. The second-order valence-electron chi connectivity index (χ2n) is 4.93. The van der Waals surface area contributed by atoms with Crippen molar-refractivity contribution in [1.29, 1.82) is 0 Å².